The molecule has 0 saturated carbocycles. The Morgan fingerprint density at radius 2 is 1.94 bits per heavy atom. The molecule has 0 rings (SSSR count). The van der Waals surface area contributed by atoms with Crippen LogP contribution in [0.15, 0.2) is 0 Å². The van der Waals surface area contributed by atoms with Crippen molar-refractivity contribution in [3.05, 3.63) is 0 Å². The highest BCUT2D eigenvalue weighted by Crippen LogP contribution is 2.04. The first kappa shape index (κ1) is 15.4. The van der Waals surface area contributed by atoms with Gasteiger partial charge in [0, 0.05) is 18.6 Å². The maximum Gasteiger partial charge on any atom is 0.235 e. The van der Waals surface area contributed by atoms with E-state index in [-0.39, 0.29) is 18.0 Å². The molecule has 4 heteroatoms. The van der Waals surface area contributed by atoms with E-state index < -0.39 is 0 Å². The summed E-state index contributed by atoms with van der Waals surface area (Å²) in [5.74, 6) is -0.274. The maximum atomic E-state index is 11.3. The summed E-state index contributed by atoms with van der Waals surface area (Å²) in [7, 11) is 2.04. The van der Waals surface area contributed by atoms with Gasteiger partial charge in [0.1, 0.15) is 0 Å². The van der Waals surface area contributed by atoms with Crippen LogP contribution in [0.4, 0.5) is 0 Å². The number of amides is 1. The Morgan fingerprint density at radius 1 is 1.38 bits per heavy atom. The Labute approximate surface area is 99.6 Å². The molecule has 0 aromatic carbocycles. The summed E-state index contributed by atoms with van der Waals surface area (Å²) in [6.07, 6.45) is 2.30. The minimum absolute atomic E-state index is 0.260. The van der Waals surface area contributed by atoms with Crippen LogP contribution in [0.5, 0.6) is 0 Å². The highest BCUT2D eigenvalue weighted by molar-refractivity contribution is 5.80. The van der Waals surface area contributed by atoms with Gasteiger partial charge in [-0.3, -0.25) is 4.79 Å². The fourth-order valence-corrected chi connectivity index (χ4v) is 1.73. The molecule has 96 valence electrons. The summed E-state index contributed by atoms with van der Waals surface area (Å²) >= 11 is 0. The van der Waals surface area contributed by atoms with Crippen LogP contribution in [0.1, 0.15) is 40.5 Å². The van der Waals surface area contributed by atoms with Crippen molar-refractivity contribution in [2.75, 3.05) is 13.6 Å². The molecule has 0 radical (unpaired) electrons. The Balaban J connectivity index is 4.22. The lowest BCUT2D eigenvalue weighted by Gasteiger charge is -2.29. The van der Waals surface area contributed by atoms with Gasteiger partial charge in [0.25, 0.3) is 0 Å². The normalized spacial score (nSPS) is 15.4. The Bertz CT molecular complexity index is 206. The number of nitrogens with two attached hydrogens (primary N) is 1. The summed E-state index contributed by atoms with van der Waals surface area (Å²) < 4.78 is 0. The first-order chi connectivity index (χ1) is 7.38. The first-order valence-corrected chi connectivity index (χ1v) is 6.14. The standard InChI is InChI=1S/C12H27N3O/c1-6-7-10(4)15(5)8-11(12(13)16)14-9(2)3/h9-11,14H,6-8H2,1-5H3,(H2,13,16). The molecular formula is C12H27N3O. The lowest BCUT2D eigenvalue weighted by atomic mass is 10.1. The number of rotatable bonds is 8. The van der Waals surface area contributed by atoms with Crippen LogP contribution in [0, 0.1) is 0 Å². The van der Waals surface area contributed by atoms with Crippen molar-refractivity contribution >= 4 is 5.91 Å². The van der Waals surface area contributed by atoms with Gasteiger partial charge in [-0.25, -0.2) is 0 Å². The SMILES string of the molecule is CCCC(C)N(C)CC(NC(C)C)C(N)=O. The number of nitrogens with zero attached hydrogens (tertiary/aromatic N) is 1. The van der Waals surface area contributed by atoms with E-state index in [9.17, 15) is 4.79 Å². The second kappa shape index (κ2) is 7.63. The van der Waals surface area contributed by atoms with Gasteiger partial charge < -0.3 is 16.0 Å². The van der Waals surface area contributed by atoms with Crippen LogP contribution in [0.2, 0.25) is 0 Å². The molecule has 0 fully saturated rings. The summed E-state index contributed by atoms with van der Waals surface area (Å²) in [4.78, 5) is 13.5. The van der Waals surface area contributed by atoms with Gasteiger partial charge in [0.2, 0.25) is 5.91 Å². The summed E-state index contributed by atoms with van der Waals surface area (Å²) in [5.41, 5.74) is 5.38. The monoisotopic (exact) mass is 229 g/mol. The number of likely N-dealkylation sites (N-methyl/N-ethyl adjacent to an activating group) is 1. The first-order valence-electron chi connectivity index (χ1n) is 6.14. The molecule has 2 unspecified atom stereocenters. The highest BCUT2D eigenvalue weighted by atomic mass is 16.1. The third kappa shape index (κ3) is 6.08. The number of carbonyl (C=O) groups excluding carboxylic acids is 1. The van der Waals surface area contributed by atoms with Crippen molar-refractivity contribution in [3.63, 3.8) is 0 Å². The maximum absolute atomic E-state index is 11.3. The molecule has 0 saturated heterocycles. The molecular weight excluding hydrogens is 202 g/mol. The van der Waals surface area contributed by atoms with E-state index in [1.54, 1.807) is 0 Å². The predicted octanol–water partition coefficient (Wildman–Crippen LogP) is 0.959. The second-order valence-electron chi connectivity index (χ2n) is 4.85. The van der Waals surface area contributed by atoms with Gasteiger partial charge >= 0.3 is 0 Å². The third-order valence-electron chi connectivity index (χ3n) is 2.81. The second-order valence-corrected chi connectivity index (χ2v) is 4.85. The minimum Gasteiger partial charge on any atom is -0.368 e. The summed E-state index contributed by atoms with van der Waals surface area (Å²) in [5, 5.41) is 3.19. The van der Waals surface area contributed by atoms with Crippen LogP contribution in [-0.2, 0) is 4.79 Å². The largest absolute Gasteiger partial charge is 0.368 e. The molecule has 0 heterocycles. The molecule has 0 bridgehead atoms. The number of primary amides is 1. The number of hydrogen-bond donors (Lipinski definition) is 2. The van der Waals surface area contributed by atoms with Crippen molar-refractivity contribution in [2.24, 2.45) is 5.73 Å². The van der Waals surface area contributed by atoms with Crippen LogP contribution < -0.4 is 11.1 Å². The van der Waals surface area contributed by atoms with E-state index in [1.807, 2.05) is 20.9 Å². The quantitative estimate of drug-likeness (QED) is 0.652. The molecule has 0 aromatic rings. The lowest BCUT2D eigenvalue weighted by molar-refractivity contribution is -0.120. The van der Waals surface area contributed by atoms with Gasteiger partial charge in [-0.15, -0.1) is 0 Å². The van der Waals surface area contributed by atoms with Crippen molar-refractivity contribution in [1.82, 2.24) is 10.2 Å². The zero-order valence-corrected chi connectivity index (χ0v) is 11.3. The Hall–Kier alpha value is -0.610. The molecule has 0 aromatic heterocycles. The average molecular weight is 229 g/mol. The predicted molar refractivity (Wildman–Crippen MR) is 68.3 cm³/mol. The molecule has 0 aliphatic carbocycles. The van der Waals surface area contributed by atoms with E-state index in [1.165, 1.54) is 0 Å². The average Bonchev–Trinajstić information content (AvgIpc) is 2.16. The van der Waals surface area contributed by atoms with Crippen LogP contribution in [-0.4, -0.2) is 42.5 Å². The van der Waals surface area contributed by atoms with Crippen molar-refractivity contribution < 1.29 is 4.79 Å². The van der Waals surface area contributed by atoms with Gasteiger partial charge in [0.05, 0.1) is 6.04 Å². The van der Waals surface area contributed by atoms with Crippen molar-refractivity contribution in [1.29, 1.82) is 0 Å². The third-order valence-corrected chi connectivity index (χ3v) is 2.81. The van der Waals surface area contributed by atoms with E-state index >= 15 is 0 Å². The lowest BCUT2D eigenvalue weighted by Crippen LogP contribution is -2.51. The fourth-order valence-electron chi connectivity index (χ4n) is 1.73. The molecule has 1 amide bonds. The minimum atomic E-state index is -0.274. The summed E-state index contributed by atoms with van der Waals surface area (Å²) in [6.45, 7) is 9.06. The zero-order valence-electron chi connectivity index (χ0n) is 11.3. The molecule has 0 aliphatic rings. The number of nitrogens with one attached hydrogen (secondary N) is 1. The van der Waals surface area contributed by atoms with E-state index in [0.717, 1.165) is 12.8 Å². The van der Waals surface area contributed by atoms with Gasteiger partial charge in [-0.2, -0.15) is 0 Å². The van der Waals surface area contributed by atoms with Crippen LogP contribution in [0.25, 0.3) is 0 Å². The van der Waals surface area contributed by atoms with E-state index in [0.29, 0.717) is 12.6 Å². The van der Waals surface area contributed by atoms with E-state index in [4.69, 9.17) is 5.73 Å². The summed E-state index contributed by atoms with van der Waals surface area (Å²) in [6, 6.07) is 0.498. The number of carbonyl (C=O) groups is 1. The molecule has 3 N–H and O–H groups in total. The van der Waals surface area contributed by atoms with Crippen LogP contribution >= 0.6 is 0 Å². The molecule has 4 nitrogen and oxygen atoms in total. The molecule has 0 aliphatic heterocycles. The smallest absolute Gasteiger partial charge is 0.235 e. The Morgan fingerprint density at radius 3 is 2.31 bits per heavy atom. The number of hydrogen-bond acceptors (Lipinski definition) is 3. The van der Waals surface area contributed by atoms with Crippen LogP contribution in [0.3, 0.4) is 0 Å². The van der Waals surface area contributed by atoms with Crippen molar-refractivity contribution in [3.8, 4) is 0 Å². The van der Waals surface area contributed by atoms with Crippen molar-refractivity contribution in [2.45, 2.75) is 58.7 Å². The van der Waals surface area contributed by atoms with Gasteiger partial charge in [-0.05, 0) is 20.4 Å². The van der Waals surface area contributed by atoms with Gasteiger partial charge in [-0.1, -0.05) is 27.2 Å². The topological polar surface area (TPSA) is 58.4 Å². The zero-order chi connectivity index (χ0) is 12.7. The molecule has 0 spiro atoms. The fraction of sp³-hybridized carbons (Fsp3) is 0.917. The molecule has 16 heavy (non-hydrogen) atoms. The Kier molecular flexibility index (Phi) is 7.34. The van der Waals surface area contributed by atoms with E-state index in [2.05, 4.69) is 24.1 Å². The van der Waals surface area contributed by atoms with Gasteiger partial charge in [0.15, 0.2) is 0 Å². The highest BCUT2D eigenvalue weighted by Gasteiger charge is 2.20. The molecule has 2 atom stereocenters.